The van der Waals surface area contributed by atoms with Crippen molar-refractivity contribution >= 4 is 21.9 Å². The normalized spacial score (nSPS) is 14.3. The Bertz CT molecular complexity index is 1070. The van der Waals surface area contributed by atoms with Gasteiger partial charge in [0.2, 0.25) is 15.9 Å². The van der Waals surface area contributed by atoms with Gasteiger partial charge in [0, 0.05) is 32.7 Å². The number of nitrogens with zero attached hydrogens (tertiary/aromatic N) is 2. The standard InChI is InChI=1S/C21H27N3O3S.C2HF3O2/c1-2-18-8-10-20(11-9-18)28(26,27)24(16-19-6-4-3-5-7-19)17-21(25)23-14-12-22-13-15-23;3-2(4,5)1(6)7/h3-11,22H,2,12-17H2,1H3;(H,6,7). The number of benzene rings is 2. The van der Waals surface area contributed by atoms with Crippen molar-refractivity contribution in [1.29, 1.82) is 0 Å². The monoisotopic (exact) mass is 515 g/mol. The quantitative estimate of drug-likeness (QED) is 0.587. The minimum Gasteiger partial charge on any atom is -0.475 e. The number of carboxylic acids is 1. The predicted octanol–water partition coefficient (Wildman–Crippen LogP) is 2.50. The predicted molar refractivity (Wildman–Crippen MR) is 123 cm³/mol. The molecule has 0 saturated carbocycles. The lowest BCUT2D eigenvalue weighted by molar-refractivity contribution is -0.192. The minimum absolute atomic E-state index is 0.160. The Morgan fingerprint density at radius 2 is 1.54 bits per heavy atom. The number of hydrogen-bond acceptors (Lipinski definition) is 5. The van der Waals surface area contributed by atoms with E-state index in [4.69, 9.17) is 9.90 Å². The topological polar surface area (TPSA) is 107 Å². The third-order valence-corrected chi connectivity index (χ3v) is 7.00. The van der Waals surface area contributed by atoms with Crippen molar-refractivity contribution in [2.45, 2.75) is 31.0 Å². The first-order chi connectivity index (χ1) is 16.4. The van der Waals surface area contributed by atoms with Crippen LogP contribution in [0.3, 0.4) is 0 Å². The van der Waals surface area contributed by atoms with Crippen LogP contribution in [0.1, 0.15) is 18.1 Å². The van der Waals surface area contributed by atoms with Crippen LogP contribution in [0.2, 0.25) is 0 Å². The molecule has 0 unspecified atom stereocenters. The number of aliphatic carboxylic acids is 1. The maximum Gasteiger partial charge on any atom is 0.490 e. The molecule has 1 amide bonds. The van der Waals surface area contributed by atoms with E-state index in [1.165, 1.54) is 4.31 Å². The highest BCUT2D eigenvalue weighted by Gasteiger charge is 2.38. The average molecular weight is 516 g/mol. The van der Waals surface area contributed by atoms with Gasteiger partial charge in [0.1, 0.15) is 0 Å². The summed E-state index contributed by atoms with van der Waals surface area (Å²) in [6.45, 7) is 4.69. The van der Waals surface area contributed by atoms with E-state index in [9.17, 15) is 26.4 Å². The lowest BCUT2D eigenvalue weighted by atomic mass is 10.2. The number of carboxylic acid groups (broad SMARTS) is 1. The van der Waals surface area contributed by atoms with Gasteiger partial charge in [-0.05, 0) is 29.7 Å². The molecule has 0 radical (unpaired) electrons. The first-order valence-electron chi connectivity index (χ1n) is 10.9. The van der Waals surface area contributed by atoms with Crippen LogP contribution in [-0.2, 0) is 32.6 Å². The van der Waals surface area contributed by atoms with E-state index in [0.717, 1.165) is 30.6 Å². The van der Waals surface area contributed by atoms with Crippen LogP contribution in [0, 0.1) is 0 Å². The van der Waals surface area contributed by atoms with E-state index in [1.807, 2.05) is 49.4 Å². The van der Waals surface area contributed by atoms with Crippen molar-refractivity contribution in [3.05, 3.63) is 65.7 Å². The number of amides is 1. The summed E-state index contributed by atoms with van der Waals surface area (Å²) in [5.41, 5.74) is 1.93. The fourth-order valence-corrected chi connectivity index (χ4v) is 4.60. The molecule has 2 N–H and O–H groups in total. The van der Waals surface area contributed by atoms with Gasteiger partial charge in [-0.3, -0.25) is 4.79 Å². The second-order valence-corrected chi connectivity index (χ2v) is 9.63. The molecule has 1 saturated heterocycles. The molecule has 2 aromatic carbocycles. The summed E-state index contributed by atoms with van der Waals surface area (Å²) in [5, 5.41) is 10.3. The summed E-state index contributed by atoms with van der Waals surface area (Å²) in [7, 11) is -3.79. The smallest absolute Gasteiger partial charge is 0.475 e. The molecule has 1 aliphatic heterocycles. The summed E-state index contributed by atoms with van der Waals surface area (Å²) in [5.74, 6) is -2.92. The SMILES string of the molecule is CCc1ccc(S(=O)(=O)N(CC(=O)N2CCNCC2)Cc2ccccc2)cc1.O=C(O)C(F)(F)F. The van der Waals surface area contributed by atoms with Gasteiger partial charge in [-0.1, -0.05) is 49.4 Å². The zero-order valence-electron chi connectivity index (χ0n) is 19.2. The Morgan fingerprint density at radius 1 is 1.00 bits per heavy atom. The van der Waals surface area contributed by atoms with E-state index >= 15 is 0 Å². The number of nitrogens with one attached hydrogen (secondary N) is 1. The number of carbonyl (C=O) groups excluding carboxylic acids is 1. The fourth-order valence-electron chi connectivity index (χ4n) is 3.22. The van der Waals surface area contributed by atoms with Crippen molar-refractivity contribution in [2.24, 2.45) is 0 Å². The molecular formula is C23H28F3N3O5S. The van der Waals surface area contributed by atoms with Crippen LogP contribution in [0.15, 0.2) is 59.5 Å². The van der Waals surface area contributed by atoms with Crippen LogP contribution in [0.5, 0.6) is 0 Å². The molecule has 8 nitrogen and oxygen atoms in total. The molecule has 0 aromatic heterocycles. The maximum atomic E-state index is 13.3. The van der Waals surface area contributed by atoms with E-state index in [1.54, 1.807) is 17.0 Å². The molecule has 12 heteroatoms. The van der Waals surface area contributed by atoms with E-state index in [0.29, 0.717) is 13.1 Å². The van der Waals surface area contributed by atoms with E-state index in [-0.39, 0.29) is 23.9 Å². The number of halogens is 3. The molecule has 3 rings (SSSR count). The highest BCUT2D eigenvalue weighted by molar-refractivity contribution is 7.89. The zero-order chi connectivity index (χ0) is 26.1. The fraction of sp³-hybridized carbons (Fsp3) is 0.391. The molecule has 0 bridgehead atoms. The van der Waals surface area contributed by atoms with Crippen LogP contribution >= 0.6 is 0 Å². The number of hydrogen-bond donors (Lipinski definition) is 2. The molecule has 0 aliphatic carbocycles. The van der Waals surface area contributed by atoms with Gasteiger partial charge in [-0.2, -0.15) is 17.5 Å². The number of alkyl halides is 3. The number of aryl methyl sites for hydroxylation is 1. The third kappa shape index (κ3) is 8.64. The summed E-state index contributed by atoms with van der Waals surface area (Å²) >= 11 is 0. The van der Waals surface area contributed by atoms with Gasteiger partial charge in [0.15, 0.2) is 0 Å². The van der Waals surface area contributed by atoms with Gasteiger partial charge in [0.25, 0.3) is 0 Å². The maximum absolute atomic E-state index is 13.3. The average Bonchev–Trinajstić information content (AvgIpc) is 2.84. The molecule has 1 fully saturated rings. The van der Waals surface area contributed by atoms with Gasteiger partial charge in [-0.15, -0.1) is 0 Å². The zero-order valence-corrected chi connectivity index (χ0v) is 20.0. The molecule has 2 aromatic rings. The van der Waals surface area contributed by atoms with Crippen LogP contribution in [0.25, 0.3) is 0 Å². The Kier molecular flexibility index (Phi) is 10.2. The Morgan fingerprint density at radius 3 is 2.03 bits per heavy atom. The number of rotatable bonds is 7. The van der Waals surface area contributed by atoms with Crippen LogP contribution in [-0.4, -0.2) is 73.5 Å². The first-order valence-corrected chi connectivity index (χ1v) is 12.3. The Labute approximate surface area is 202 Å². The largest absolute Gasteiger partial charge is 0.490 e. The van der Waals surface area contributed by atoms with Crippen molar-refractivity contribution in [2.75, 3.05) is 32.7 Å². The van der Waals surface area contributed by atoms with Crippen molar-refractivity contribution in [1.82, 2.24) is 14.5 Å². The second-order valence-electron chi connectivity index (χ2n) is 7.69. The number of sulfonamides is 1. The van der Waals surface area contributed by atoms with Gasteiger partial charge in [0.05, 0.1) is 11.4 Å². The Hall–Kier alpha value is -2.96. The molecule has 1 heterocycles. The molecule has 192 valence electrons. The molecule has 1 aliphatic rings. The second kappa shape index (κ2) is 12.7. The van der Waals surface area contributed by atoms with Gasteiger partial charge >= 0.3 is 12.1 Å². The summed E-state index contributed by atoms with van der Waals surface area (Å²) in [6.07, 6.45) is -4.24. The van der Waals surface area contributed by atoms with E-state index in [2.05, 4.69) is 5.32 Å². The number of carbonyl (C=O) groups is 2. The first kappa shape index (κ1) is 28.3. The molecule has 0 atom stereocenters. The third-order valence-electron chi connectivity index (χ3n) is 5.19. The highest BCUT2D eigenvalue weighted by Crippen LogP contribution is 2.20. The van der Waals surface area contributed by atoms with Gasteiger partial charge in [-0.25, -0.2) is 13.2 Å². The van der Waals surface area contributed by atoms with Crippen LogP contribution < -0.4 is 5.32 Å². The minimum atomic E-state index is -5.08. The summed E-state index contributed by atoms with van der Waals surface area (Å²) in [6, 6.07) is 16.3. The van der Waals surface area contributed by atoms with E-state index < -0.39 is 22.2 Å². The lowest BCUT2D eigenvalue weighted by Gasteiger charge is -2.30. The molecular weight excluding hydrogens is 487 g/mol. The number of piperazine rings is 1. The van der Waals surface area contributed by atoms with Crippen molar-refractivity contribution in [3.63, 3.8) is 0 Å². The molecule has 35 heavy (non-hydrogen) atoms. The summed E-state index contributed by atoms with van der Waals surface area (Å²) < 4.78 is 59.6. The van der Waals surface area contributed by atoms with Crippen molar-refractivity contribution in [3.8, 4) is 0 Å². The Balaban J connectivity index is 0.000000540. The van der Waals surface area contributed by atoms with Gasteiger partial charge < -0.3 is 15.3 Å². The lowest BCUT2D eigenvalue weighted by Crippen LogP contribution is -2.50. The summed E-state index contributed by atoms with van der Waals surface area (Å²) in [4.78, 5) is 23.6. The molecule has 0 spiro atoms. The van der Waals surface area contributed by atoms with Crippen molar-refractivity contribution < 1.29 is 36.3 Å². The van der Waals surface area contributed by atoms with Crippen LogP contribution in [0.4, 0.5) is 13.2 Å². The highest BCUT2D eigenvalue weighted by atomic mass is 32.2.